The summed E-state index contributed by atoms with van der Waals surface area (Å²) in [5.74, 6) is 0.416. The predicted molar refractivity (Wildman–Crippen MR) is 69.0 cm³/mol. The van der Waals surface area contributed by atoms with Crippen molar-refractivity contribution < 1.29 is 14.3 Å². The van der Waals surface area contributed by atoms with Crippen molar-refractivity contribution in [3.05, 3.63) is 5.82 Å². The van der Waals surface area contributed by atoms with Gasteiger partial charge in [0.05, 0.1) is 12.5 Å². The summed E-state index contributed by atoms with van der Waals surface area (Å²) in [6.45, 7) is 2.94. The van der Waals surface area contributed by atoms with Gasteiger partial charge in [-0.1, -0.05) is 0 Å². The number of hydrogen-bond donors (Lipinski definition) is 2. The number of fused-ring (bicyclic) bond motifs is 1. The molecule has 0 saturated carbocycles. The van der Waals surface area contributed by atoms with Crippen LogP contribution in [-0.4, -0.2) is 45.8 Å². The van der Waals surface area contributed by atoms with Crippen molar-refractivity contribution in [1.29, 1.82) is 0 Å². The molecule has 8 nitrogen and oxygen atoms in total. The van der Waals surface area contributed by atoms with Gasteiger partial charge in [0.25, 0.3) is 0 Å². The van der Waals surface area contributed by atoms with Crippen LogP contribution in [0.1, 0.15) is 31.1 Å². The van der Waals surface area contributed by atoms with Gasteiger partial charge >= 0.3 is 0 Å². The average Bonchev–Trinajstić information content (AvgIpc) is 3.03. The fourth-order valence-electron chi connectivity index (χ4n) is 2.51. The molecule has 3 rings (SSSR count). The van der Waals surface area contributed by atoms with Crippen molar-refractivity contribution in [2.45, 2.75) is 38.3 Å². The van der Waals surface area contributed by atoms with Gasteiger partial charge in [-0.25, -0.2) is 4.68 Å². The SMILES string of the molecule is Cc1nc2n(n1)C(C(=O)NCC1CCCO1)CC(=O)N2. The first-order valence-electron chi connectivity index (χ1n) is 6.76. The minimum atomic E-state index is -0.638. The van der Waals surface area contributed by atoms with Crippen molar-refractivity contribution in [3.8, 4) is 0 Å². The Morgan fingerprint density at radius 1 is 1.60 bits per heavy atom. The maximum absolute atomic E-state index is 12.2. The first-order chi connectivity index (χ1) is 9.63. The van der Waals surface area contributed by atoms with Crippen molar-refractivity contribution in [3.63, 3.8) is 0 Å². The lowest BCUT2D eigenvalue weighted by Crippen LogP contribution is -2.41. The number of nitrogens with zero attached hydrogens (tertiary/aromatic N) is 3. The summed E-state index contributed by atoms with van der Waals surface area (Å²) in [4.78, 5) is 27.9. The van der Waals surface area contributed by atoms with Crippen molar-refractivity contribution >= 4 is 17.8 Å². The van der Waals surface area contributed by atoms with E-state index in [4.69, 9.17) is 4.74 Å². The van der Waals surface area contributed by atoms with Gasteiger partial charge in [-0.2, -0.15) is 10.1 Å². The van der Waals surface area contributed by atoms with Crippen LogP contribution in [0.15, 0.2) is 0 Å². The zero-order chi connectivity index (χ0) is 14.1. The van der Waals surface area contributed by atoms with Crippen LogP contribution < -0.4 is 10.6 Å². The molecule has 2 N–H and O–H groups in total. The minimum Gasteiger partial charge on any atom is -0.376 e. The van der Waals surface area contributed by atoms with Crippen LogP contribution in [0.2, 0.25) is 0 Å². The van der Waals surface area contributed by atoms with Gasteiger partial charge in [0.1, 0.15) is 11.9 Å². The first kappa shape index (κ1) is 13.0. The molecule has 2 amide bonds. The van der Waals surface area contributed by atoms with Gasteiger partial charge < -0.3 is 10.1 Å². The van der Waals surface area contributed by atoms with Crippen LogP contribution in [0.3, 0.4) is 0 Å². The van der Waals surface area contributed by atoms with E-state index < -0.39 is 6.04 Å². The van der Waals surface area contributed by atoms with E-state index in [2.05, 4.69) is 20.7 Å². The third-order valence-corrected chi connectivity index (χ3v) is 3.49. The van der Waals surface area contributed by atoms with Crippen LogP contribution >= 0.6 is 0 Å². The van der Waals surface area contributed by atoms with E-state index in [0.717, 1.165) is 19.4 Å². The molecule has 0 spiro atoms. The summed E-state index contributed by atoms with van der Waals surface area (Å²) in [6.07, 6.45) is 2.14. The molecule has 1 aromatic rings. The molecule has 108 valence electrons. The Kier molecular flexibility index (Phi) is 3.39. The molecule has 3 heterocycles. The van der Waals surface area contributed by atoms with E-state index >= 15 is 0 Å². The van der Waals surface area contributed by atoms with Gasteiger partial charge in [0.2, 0.25) is 17.8 Å². The highest BCUT2D eigenvalue weighted by Crippen LogP contribution is 2.22. The smallest absolute Gasteiger partial charge is 0.245 e. The third-order valence-electron chi connectivity index (χ3n) is 3.49. The first-order valence-corrected chi connectivity index (χ1v) is 6.76. The molecule has 0 aliphatic carbocycles. The lowest BCUT2D eigenvalue weighted by molar-refractivity contribution is -0.129. The lowest BCUT2D eigenvalue weighted by atomic mass is 10.1. The number of anilines is 1. The highest BCUT2D eigenvalue weighted by atomic mass is 16.5. The number of ether oxygens (including phenoxy) is 1. The topological polar surface area (TPSA) is 98.1 Å². The second-order valence-electron chi connectivity index (χ2n) is 5.08. The summed E-state index contributed by atoms with van der Waals surface area (Å²) in [5.41, 5.74) is 0. The fourth-order valence-corrected chi connectivity index (χ4v) is 2.51. The van der Waals surface area contributed by atoms with Gasteiger partial charge in [-0.15, -0.1) is 0 Å². The van der Waals surface area contributed by atoms with Crippen LogP contribution in [0.5, 0.6) is 0 Å². The van der Waals surface area contributed by atoms with Gasteiger partial charge in [0.15, 0.2) is 0 Å². The monoisotopic (exact) mass is 279 g/mol. The second kappa shape index (κ2) is 5.20. The number of carbonyl (C=O) groups is 2. The van der Waals surface area contributed by atoms with E-state index in [1.807, 2.05) is 0 Å². The molecule has 1 aromatic heterocycles. The molecule has 2 atom stereocenters. The Bertz CT molecular complexity index is 535. The van der Waals surface area contributed by atoms with E-state index in [-0.39, 0.29) is 24.3 Å². The number of aromatic nitrogens is 3. The quantitative estimate of drug-likeness (QED) is 0.796. The maximum atomic E-state index is 12.2. The number of hydrogen-bond acceptors (Lipinski definition) is 5. The highest BCUT2D eigenvalue weighted by Gasteiger charge is 2.32. The molecular weight excluding hydrogens is 262 g/mol. The van der Waals surface area contributed by atoms with Crippen molar-refractivity contribution in [1.82, 2.24) is 20.1 Å². The summed E-state index contributed by atoms with van der Waals surface area (Å²) < 4.78 is 6.93. The van der Waals surface area contributed by atoms with E-state index in [0.29, 0.717) is 18.3 Å². The zero-order valence-corrected chi connectivity index (χ0v) is 11.3. The Hall–Kier alpha value is -1.96. The molecule has 0 aromatic carbocycles. The summed E-state index contributed by atoms with van der Waals surface area (Å²) in [6, 6.07) is -0.638. The normalized spacial score (nSPS) is 25.1. The predicted octanol–water partition coefficient (Wildman–Crippen LogP) is -0.235. The summed E-state index contributed by atoms with van der Waals surface area (Å²) >= 11 is 0. The van der Waals surface area contributed by atoms with Gasteiger partial charge in [-0.05, 0) is 19.8 Å². The molecule has 0 bridgehead atoms. The Morgan fingerprint density at radius 3 is 3.20 bits per heavy atom. The molecular formula is C12H17N5O3. The summed E-state index contributed by atoms with van der Waals surface area (Å²) in [7, 11) is 0. The molecule has 1 fully saturated rings. The van der Waals surface area contributed by atoms with Gasteiger partial charge in [-0.3, -0.25) is 14.9 Å². The van der Waals surface area contributed by atoms with Crippen LogP contribution in [0, 0.1) is 6.92 Å². The summed E-state index contributed by atoms with van der Waals surface area (Å²) in [5, 5.41) is 9.61. The molecule has 2 unspecified atom stereocenters. The van der Waals surface area contributed by atoms with Crippen molar-refractivity contribution in [2.24, 2.45) is 0 Å². The maximum Gasteiger partial charge on any atom is 0.245 e. The average molecular weight is 279 g/mol. The number of nitrogens with one attached hydrogen (secondary N) is 2. The number of amides is 2. The van der Waals surface area contributed by atoms with E-state index in [1.54, 1.807) is 6.92 Å². The molecule has 8 heteroatoms. The fraction of sp³-hybridized carbons (Fsp3) is 0.667. The number of rotatable bonds is 3. The zero-order valence-electron chi connectivity index (χ0n) is 11.3. The highest BCUT2D eigenvalue weighted by molar-refractivity contribution is 5.96. The van der Waals surface area contributed by atoms with E-state index in [9.17, 15) is 9.59 Å². The minimum absolute atomic E-state index is 0.0765. The molecule has 2 aliphatic heterocycles. The molecule has 0 radical (unpaired) electrons. The lowest BCUT2D eigenvalue weighted by Gasteiger charge is -2.23. The standard InChI is InChI=1S/C12H17N5O3/c1-7-14-12-15-10(18)5-9(17(12)16-7)11(19)13-6-8-3-2-4-20-8/h8-9H,2-6H2,1H3,(H,13,19)(H,14,15,16,18). The third kappa shape index (κ3) is 2.51. The molecule has 2 aliphatic rings. The van der Waals surface area contributed by atoms with Gasteiger partial charge in [0, 0.05) is 13.2 Å². The number of carbonyl (C=O) groups excluding carboxylic acids is 2. The Balaban J connectivity index is 1.69. The largest absolute Gasteiger partial charge is 0.376 e. The number of aryl methyl sites for hydroxylation is 1. The van der Waals surface area contributed by atoms with Crippen LogP contribution in [0.4, 0.5) is 5.95 Å². The Labute approximate surface area is 115 Å². The van der Waals surface area contributed by atoms with E-state index in [1.165, 1.54) is 4.68 Å². The molecule has 1 saturated heterocycles. The van der Waals surface area contributed by atoms with Crippen molar-refractivity contribution in [2.75, 3.05) is 18.5 Å². The van der Waals surface area contributed by atoms with Crippen LogP contribution in [-0.2, 0) is 14.3 Å². The Morgan fingerprint density at radius 2 is 2.45 bits per heavy atom. The second-order valence-corrected chi connectivity index (χ2v) is 5.08. The molecule has 20 heavy (non-hydrogen) atoms. The van der Waals surface area contributed by atoms with Crippen LogP contribution in [0.25, 0.3) is 0 Å².